The monoisotopic (exact) mass is 472 g/mol. The topological polar surface area (TPSA) is 126 Å². The third-order valence-electron chi connectivity index (χ3n) is 6.67. The Hall–Kier alpha value is -4.27. The number of carbonyl (C=O) groups is 4. The van der Waals surface area contributed by atoms with E-state index >= 15 is 0 Å². The molecule has 0 radical (unpaired) electrons. The number of benzene rings is 2. The summed E-state index contributed by atoms with van der Waals surface area (Å²) in [7, 11) is 0. The number of pyridine rings is 1. The van der Waals surface area contributed by atoms with Gasteiger partial charge in [-0.25, -0.2) is 4.79 Å². The van der Waals surface area contributed by atoms with Crippen LogP contribution < -0.4 is 20.7 Å². The first kappa shape index (κ1) is 22.5. The molecular weight excluding hydrogens is 448 g/mol. The van der Waals surface area contributed by atoms with E-state index in [1.54, 1.807) is 24.3 Å². The molecule has 1 saturated heterocycles. The number of barbiturate groups is 1. The van der Waals surface area contributed by atoms with Gasteiger partial charge in [0.2, 0.25) is 11.8 Å². The summed E-state index contributed by atoms with van der Waals surface area (Å²) in [5, 5.41) is 8.15. The van der Waals surface area contributed by atoms with Gasteiger partial charge in [0.15, 0.2) is 0 Å². The smallest absolute Gasteiger partial charge is 0.328 e. The molecule has 1 atom stereocenters. The van der Waals surface area contributed by atoms with Crippen LogP contribution in [0.15, 0.2) is 54.6 Å². The summed E-state index contributed by atoms with van der Waals surface area (Å²) in [5.41, 5.74) is 1.73. The normalized spacial score (nSPS) is 18.9. The zero-order chi connectivity index (χ0) is 24.6. The second-order valence-electron chi connectivity index (χ2n) is 8.88. The number of urea groups is 1. The van der Waals surface area contributed by atoms with Gasteiger partial charge in [-0.15, -0.1) is 0 Å². The number of carbonyl (C=O) groups excluding carboxylic acids is 4. The highest BCUT2D eigenvalue weighted by Crippen LogP contribution is 2.40. The minimum absolute atomic E-state index is 0.263. The van der Waals surface area contributed by atoms with Gasteiger partial charge in [-0.2, -0.15) is 0 Å². The Morgan fingerprint density at radius 2 is 1.80 bits per heavy atom. The van der Waals surface area contributed by atoms with Crippen molar-refractivity contribution in [2.24, 2.45) is 5.41 Å². The second-order valence-corrected chi connectivity index (χ2v) is 8.88. The fraction of sp³-hybridized carbons (Fsp3) is 0.269. The van der Waals surface area contributed by atoms with Gasteiger partial charge >= 0.3 is 6.03 Å². The van der Waals surface area contributed by atoms with E-state index in [0.29, 0.717) is 30.8 Å². The number of amides is 5. The first-order valence-corrected chi connectivity index (χ1v) is 11.4. The quantitative estimate of drug-likeness (QED) is 0.490. The highest BCUT2D eigenvalue weighted by Gasteiger charge is 2.58. The number of aryl methyl sites for hydroxylation is 1. The van der Waals surface area contributed by atoms with E-state index in [9.17, 15) is 19.2 Å². The second kappa shape index (κ2) is 8.83. The summed E-state index contributed by atoms with van der Waals surface area (Å²) in [6, 6.07) is 15.0. The van der Waals surface area contributed by atoms with E-state index in [4.69, 9.17) is 4.74 Å². The number of hydrogen-bond acceptors (Lipinski definition) is 6. The van der Waals surface area contributed by atoms with Crippen LogP contribution in [0.1, 0.15) is 40.9 Å². The van der Waals surface area contributed by atoms with Crippen LogP contribution in [0.3, 0.4) is 0 Å². The van der Waals surface area contributed by atoms with Crippen molar-refractivity contribution in [3.05, 3.63) is 71.4 Å². The molecule has 2 fully saturated rings. The predicted octanol–water partition coefficient (Wildman–Crippen LogP) is 2.76. The van der Waals surface area contributed by atoms with E-state index in [-0.39, 0.29) is 6.42 Å². The lowest BCUT2D eigenvalue weighted by atomic mass is 9.79. The lowest BCUT2D eigenvalue weighted by Gasteiger charge is -2.35. The number of fused-ring (bicyclic) bond motifs is 1. The molecule has 1 aromatic heterocycles. The molecule has 0 bridgehead atoms. The summed E-state index contributed by atoms with van der Waals surface area (Å²) in [6.45, 7) is 2.29. The van der Waals surface area contributed by atoms with Gasteiger partial charge in [-0.3, -0.25) is 30.0 Å². The summed E-state index contributed by atoms with van der Waals surface area (Å²) in [5.74, 6) is -1.15. The number of nitrogens with zero attached hydrogens (tertiary/aromatic N) is 1. The van der Waals surface area contributed by atoms with Crippen molar-refractivity contribution in [3.63, 3.8) is 0 Å². The molecule has 2 heterocycles. The average Bonchev–Trinajstić information content (AvgIpc) is 3.26. The fourth-order valence-electron chi connectivity index (χ4n) is 4.93. The molecule has 1 aliphatic heterocycles. The maximum absolute atomic E-state index is 12.9. The average molecular weight is 473 g/mol. The number of aromatic nitrogens is 1. The van der Waals surface area contributed by atoms with E-state index in [2.05, 4.69) is 20.9 Å². The molecule has 2 aliphatic rings. The first-order valence-electron chi connectivity index (χ1n) is 11.4. The van der Waals surface area contributed by atoms with Gasteiger partial charge in [-0.05, 0) is 62.6 Å². The zero-order valence-electron chi connectivity index (χ0n) is 19.1. The first-order chi connectivity index (χ1) is 16.9. The van der Waals surface area contributed by atoms with Crippen molar-refractivity contribution in [1.29, 1.82) is 0 Å². The van der Waals surface area contributed by atoms with Gasteiger partial charge in [0, 0.05) is 22.2 Å². The summed E-state index contributed by atoms with van der Waals surface area (Å²) in [6.07, 6.45) is 1.30. The number of para-hydroxylation sites is 1. The van der Waals surface area contributed by atoms with Gasteiger partial charge < -0.3 is 10.1 Å². The highest BCUT2D eigenvalue weighted by atomic mass is 16.5. The number of ether oxygens (including phenoxy) is 1. The molecule has 3 aromatic rings. The predicted molar refractivity (Wildman–Crippen MR) is 126 cm³/mol. The Labute approximate surface area is 201 Å². The van der Waals surface area contributed by atoms with Crippen LogP contribution in [0.25, 0.3) is 10.9 Å². The van der Waals surface area contributed by atoms with Crippen LogP contribution in [-0.2, 0) is 16.2 Å². The molecule has 35 heavy (non-hydrogen) atoms. The minimum atomic E-state index is -1.47. The van der Waals surface area contributed by atoms with E-state index < -0.39 is 35.2 Å². The maximum Gasteiger partial charge on any atom is 0.328 e. The standard InChI is InChI=1S/C26H24N4O5/c1-15-13-17(19-5-2-3-6-20(19)27-15)14-35-18-10-8-16(9-11-18)22(31)28-21-7-4-12-26(21)23(32)29-25(34)30-24(26)33/h2-3,5-6,8-11,13,21H,4,7,12,14H2,1H3,(H,28,31)(H2,29,30,32,33,34). The molecule has 1 aliphatic carbocycles. The fourth-order valence-corrected chi connectivity index (χ4v) is 4.93. The molecule has 2 aromatic carbocycles. The van der Waals surface area contributed by atoms with Crippen molar-refractivity contribution in [2.45, 2.75) is 38.8 Å². The zero-order valence-corrected chi connectivity index (χ0v) is 19.1. The number of imide groups is 2. The summed E-state index contributed by atoms with van der Waals surface area (Å²) < 4.78 is 5.95. The molecule has 178 valence electrons. The molecule has 3 N–H and O–H groups in total. The van der Waals surface area contributed by atoms with Crippen LogP contribution in [0.4, 0.5) is 4.79 Å². The van der Waals surface area contributed by atoms with E-state index in [0.717, 1.165) is 22.2 Å². The Kier molecular flexibility index (Phi) is 5.68. The molecule has 1 saturated carbocycles. The van der Waals surface area contributed by atoms with Crippen molar-refractivity contribution >= 4 is 34.7 Å². The van der Waals surface area contributed by atoms with Crippen molar-refractivity contribution in [3.8, 4) is 5.75 Å². The van der Waals surface area contributed by atoms with Gasteiger partial charge in [-0.1, -0.05) is 18.2 Å². The molecule has 9 heteroatoms. The van der Waals surface area contributed by atoms with Crippen molar-refractivity contribution < 1.29 is 23.9 Å². The minimum Gasteiger partial charge on any atom is -0.489 e. The van der Waals surface area contributed by atoms with Gasteiger partial charge in [0.1, 0.15) is 17.8 Å². The molecule has 1 unspecified atom stereocenters. The third kappa shape index (κ3) is 4.09. The Bertz CT molecular complexity index is 1330. The number of rotatable bonds is 5. The number of nitrogens with one attached hydrogen (secondary N) is 3. The maximum atomic E-state index is 12.9. The molecule has 1 spiro atoms. The van der Waals surface area contributed by atoms with Crippen molar-refractivity contribution in [2.75, 3.05) is 0 Å². The summed E-state index contributed by atoms with van der Waals surface area (Å²) >= 11 is 0. The Balaban J connectivity index is 1.26. The van der Waals surface area contributed by atoms with Crippen molar-refractivity contribution in [1.82, 2.24) is 20.9 Å². The third-order valence-corrected chi connectivity index (χ3v) is 6.67. The van der Waals surface area contributed by atoms with Crippen LogP contribution in [0.2, 0.25) is 0 Å². The van der Waals surface area contributed by atoms with Gasteiger partial charge in [0.25, 0.3) is 5.91 Å². The Morgan fingerprint density at radius 1 is 1.09 bits per heavy atom. The van der Waals surface area contributed by atoms with Crippen LogP contribution in [0.5, 0.6) is 5.75 Å². The van der Waals surface area contributed by atoms with Gasteiger partial charge in [0.05, 0.1) is 11.6 Å². The largest absolute Gasteiger partial charge is 0.489 e. The molecule has 9 nitrogen and oxygen atoms in total. The van der Waals surface area contributed by atoms with E-state index in [1.807, 2.05) is 37.3 Å². The van der Waals surface area contributed by atoms with Crippen LogP contribution >= 0.6 is 0 Å². The van der Waals surface area contributed by atoms with Crippen LogP contribution in [0, 0.1) is 12.3 Å². The molecule has 5 amide bonds. The summed E-state index contributed by atoms with van der Waals surface area (Å²) in [4.78, 5) is 54.0. The van der Waals surface area contributed by atoms with Crippen LogP contribution in [-0.4, -0.2) is 34.8 Å². The van der Waals surface area contributed by atoms with E-state index in [1.165, 1.54) is 0 Å². The lowest BCUT2D eigenvalue weighted by molar-refractivity contribution is -0.145. The number of hydrogen-bond donors (Lipinski definition) is 3. The molecule has 5 rings (SSSR count). The Morgan fingerprint density at radius 3 is 2.54 bits per heavy atom. The molecular formula is C26H24N4O5. The highest BCUT2D eigenvalue weighted by molar-refractivity contribution is 6.20. The SMILES string of the molecule is Cc1cc(COc2ccc(C(=O)NC3CCCC34C(=O)NC(=O)NC4=O)cc2)c2ccccc2n1. The lowest BCUT2D eigenvalue weighted by Crippen LogP contribution is -2.67.